The zero-order chi connectivity index (χ0) is 12.7. The van der Waals surface area contributed by atoms with Crippen LogP contribution < -0.4 is 5.32 Å². The highest BCUT2D eigenvalue weighted by atomic mass is 16.5. The van der Waals surface area contributed by atoms with Crippen LogP contribution in [-0.2, 0) is 9.53 Å². The minimum absolute atomic E-state index is 0.123. The molecule has 0 radical (unpaired) electrons. The average Bonchev–Trinajstić information content (AvgIpc) is 2.72. The summed E-state index contributed by atoms with van der Waals surface area (Å²) in [4.78, 5) is 11.0. The first kappa shape index (κ1) is 14.5. The summed E-state index contributed by atoms with van der Waals surface area (Å²) >= 11 is 0. The Bertz CT molecular complexity index is 232. The van der Waals surface area contributed by atoms with E-state index in [9.17, 15) is 4.79 Å². The van der Waals surface area contributed by atoms with E-state index in [1.165, 1.54) is 39.2 Å². The second-order valence-electron chi connectivity index (χ2n) is 5.81. The Balaban J connectivity index is 2.27. The van der Waals surface area contributed by atoms with Gasteiger partial charge in [-0.25, -0.2) is 0 Å². The number of carbonyl (C=O) groups is 1. The molecule has 0 atom stereocenters. The molecule has 3 nitrogen and oxygen atoms in total. The second kappa shape index (κ2) is 7.00. The van der Waals surface area contributed by atoms with E-state index in [4.69, 9.17) is 0 Å². The lowest BCUT2D eigenvalue weighted by Crippen LogP contribution is -2.34. The molecule has 3 heteroatoms. The van der Waals surface area contributed by atoms with Crippen molar-refractivity contribution in [2.24, 2.45) is 11.3 Å². The number of ether oxygens (including phenoxy) is 1. The van der Waals surface area contributed by atoms with Crippen LogP contribution >= 0.6 is 0 Å². The Morgan fingerprint density at radius 3 is 2.53 bits per heavy atom. The molecule has 1 saturated carbocycles. The molecule has 1 aliphatic carbocycles. The number of nitrogens with one attached hydrogen (secondary N) is 1. The summed E-state index contributed by atoms with van der Waals surface area (Å²) in [6.45, 7) is 6.40. The molecule has 1 N–H and O–H groups in total. The fourth-order valence-electron chi connectivity index (χ4n) is 3.09. The highest BCUT2D eigenvalue weighted by Gasteiger charge is 2.33. The van der Waals surface area contributed by atoms with Crippen molar-refractivity contribution in [2.45, 2.75) is 52.4 Å². The number of carbonyl (C=O) groups excluding carboxylic acids is 1. The first-order valence-electron chi connectivity index (χ1n) is 6.85. The van der Waals surface area contributed by atoms with Gasteiger partial charge in [0.1, 0.15) is 0 Å². The van der Waals surface area contributed by atoms with Crippen molar-refractivity contribution < 1.29 is 9.53 Å². The normalized spacial score (nSPS) is 18.6. The quantitative estimate of drug-likeness (QED) is 0.550. The number of esters is 1. The third-order valence-corrected chi connectivity index (χ3v) is 3.74. The van der Waals surface area contributed by atoms with Gasteiger partial charge in [-0.3, -0.25) is 4.79 Å². The van der Waals surface area contributed by atoms with E-state index in [0.29, 0.717) is 11.8 Å². The van der Waals surface area contributed by atoms with Crippen LogP contribution in [0.15, 0.2) is 0 Å². The van der Waals surface area contributed by atoms with Gasteiger partial charge in [-0.2, -0.15) is 0 Å². The molecule has 0 bridgehead atoms. The van der Waals surface area contributed by atoms with Gasteiger partial charge in [0.05, 0.1) is 13.5 Å². The van der Waals surface area contributed by atoms with Gasteiger partial charge in [-0.05, 0) is 30.6 Å². The molecule has 0 aliphatic heterocycles. The molecule has 0 aromatic heterocycles. The predicted molar refractivity (Wildman–Crippen MR) is 69.9 cm³/mol. The standard InChI is InChI=1S/C14H27NO2/c1-12(2)10-14(7-4-5-8-14)11-15-9-6-13(16)17-3/h12,15H,4-11H2,1-3H3. The zero-order valence-corrected chi connectivity index (χ0v) is 11.6. The largest absolute Gasteiger partial charge is 0.469 e. The van der Waals surface area contributed by atoms with E-state index in [0.717, 1.165) is 19.0 Å². The molecule has 0 saturated heterocycles. The van der Waals surface area contributed by atoms with Crippen LogP contribution in [0.5, 0.6) is 0 Å². The van der Waals surface area contributed by atoms with Crippen LogP contribution in [0.3, 0.4) is 0 Å². The number of hydrogen-bond acceptors (Lipinski definition) is 3. The number of rotatable bonds is 7. The molecule has 0 aromatic rings. The van der Waals surface area contributed by atoms with Crippen molar-refractivity contribution in [3.63, 3.8) is 0 Å². The molecule has 17 heavy (non-hydrogen) atoms. The maximum atomic E-state index is 11.0. The average molecular weight is 241 g/mol. The number of methoxy groups -OCH3 is 1. The summed E-state index contributed by atoms with van der Waals surface area (Å²) in [5.41, 5.74) is 0.490. The molecule has 1 aliphatic rings. The van der Waals surface area contributed by atoms with Gasteiger partial charge in [-0.15, -0.1) is 0 Å². The maximum Gasteiger partial charge on any atom is 0.306 e. The first-order valence-corrected chi connectivity index (χ1v) is 6.85. The van der Waals surface area contributed by atoms with Crippen molar-refractivity contribution in [3.8, 4) is 0 Å². The highest BCUT2D eigenvalue weighted by Crippen LogP contribution is 2.42. The Morgan fingerprint density at radius 2 is 2.00 bits per heavy atom. The highest BCUT2D eigenvalue weighted by molar-refractivity contribution is 5.69. The number of hydrogen-bond donors (Lipinski definition) is 1. The minimum atomic E-state index is -0.123. The maximum absolute atomic E-state index is 11.0. The van der Waals surface area contributed by atoms with Gasteiger partial charge in [0.15, 0.2) is 0 Å². The lowest BCUT2D eigenvalue weighted by Gasteiger charge is -2.31. The molecule has 1 fully saturated rings. The molecule has 100 valence electrons. The van der Waals surface area contributed by atoms with E-state index in [1.54, 1.807) is 0 Å². The van der Waals surface area contributed by atoms with Crippen LogP contribution in [0.25, 0.3) is 0 Å². The smallest absolute Gasteiger partial charge is 0.306 e. The van der Waals surface area contributed by atoms with Crippen molar-refractivity contribution in [1.29, 1.82) is 0 Å². The minimum Gasteiger partial charge on any atom is -0.469 e. The third kappa shape index (κ3) is 5.07. The summed E-state index contributed by atoms with van der Waals surface area (Å²) < 4.78 is 4.63. The van der Waals surface area contributed by atoms with Gasteiger partial charge in [0.2, 0.25) is 0 Å². The third-order valence-electron chi connectivity index (χ3n) is 3.74. The fraction of sp³-hybridized carbons (Fsp3) is 0.929. The molecule has 0 aromatic carbocycles. The summed E-state index contributed by atoms with van der Waals surface area (Å²) in [6, 6.07) is 0. The Kier molecular flexibility index (Phi) is 5.96. The molecular formula is C14H27NO2. The molecule has 0 amide bonds. The van der Waals surface area contributed by atoms with Crippen molar-refractivity contribution in [1.82, 2.24) is 5.32 Å². The molecular weight excluding hydrogens is 214 g/mol. The van der Waals surface area contributed by atoms with Crippen LogP contribution in [0, 0.1) is 11.3 Å². The Hall–Kier alpha value is -0.570. The first-order chi connectivity index (χ1) is 8.08. The summed E-state index contributed by atoms with van der Waals surface area (Å²) in [5, 5.41) is 3.44. The van der Waals surface area contributed by atoms with Crippen LogP contribution in [0.4, 0.5) is 0 Å². The molecule has 0 spiro atoms. The topological polar surface area (TPSA) is 38.3 Å². The van der Waals surface area contributed by atoms with E-state index in [2.05, 4.69) is 23.9 Å². The van der Waals surface area contributed by atoms with Gasteiger partial charge in [0.25, 0.3) is 0 Å². The van der Waals surface area contributed by atoms with Crippen molar-refractivity contribution in [2.75, 3.05) is 20.2 Å². The van der Waals surface area contributed by atoms with E-state index >= 15 is 0 Å². The van der Waals surface area contributed by atoms with Gasteiger partial charge < -0.3 is 10.1 Å². The van der Waals surface area contributed by atoms with Crippen LogP contribution in [-0.4, -0.2) is 26.2 Å². The fourth-order valence-corrected chi connectivity index (χ4v) is 3.09. The van der Waals surface area contributed by atoms with Crippen molar-refractivity contribution >= 4 is 5.97 Å². The van der Waals surface area contributed by atoms with Crippen LogP contribution in [0.1, 0.15) is 52.4 Å². The van der Waals surface area contributed by atoms with Crippen LogP contribution in [0.2, 0.25) is 0 Å². The van der Waals surface area contributed by atoms with Gasteiger partial charge in [-0.1, -0.05) is 26.7 Å². The monoisotopic (exact) mass is 241 g/mol. The summed E-state index contributed by atoms with van der Waals surface area (Å²) in [6.07, 6.45) is 7.20. The molecule has 0 heterocycles. The lowest BCUT2D eigenvalue weighted by atomic mass is 9.78. The SMILES string of the molecule is COC(=O)CCNCC1(CC(C)C)CCCC1. The van der Waals surface area contributed by atoms with Gasteiger partial charge in [0, 0.05) is 13.1 Å². The van der Waals surface area contributed by atoms with E-state index < -0.39 is 0 Å². The van der Waals surface area contributed by atoms with Crippen molar-refractivity contribution in [3.05, 3.63) is 0 Å². The van der Waals surface area contributed by atoms with E-state index in [-0.39, 0.29) is 5.97 Å². The Labute approximate surface area is 105 Å². The predicted octanol–water partition coefficient (Wildman–Crippen LogP) is 2.75. The summed E-state index contributed by atoms with van der Waals surface area (Å²) in [7, 11) is 1.44. The molecule has 0 unspecified atom stereocenters. The lowest BCUT2D eigenvalue weighted by molar-refractivity contribution is -0.140. The zero-order valence-electron chi connectivity index (χ0n) is 11.6. The Morgan fingerprint density at radius 1 is 1.35 bits per heavy atom. The van der Waals surface area contributed by atoms with Gasteiger partial charge >= 0.3 is 5.97 Å². The van der Waals surface area contributed by atoms with E-state index in [1.807, 2.05) is 0 Å². The summed E-state index contributed by atoms with van der Waals surface area (Å²) in [5.74, 6) is 0.636. The molecule has 1 rings (SSSR count). The second-order valence-corrected chi connectivity index (χ2v) is 5.81.